The van der Waals surface area contributed by atoms with E-state index in [-0.39, 0.29) is 5.91 Å². The number of unbranched alkanes of at least 4 members (excludes halogenated alkanes) is 1. The Morgan fingerprint density at radius 2 is 2.10 bits per heavy atom. The van der Waals surface area contributed by atoms with Crippen LogP contribution in [-0.2, 0) is 16.0 Å². The van der Waals surface area contributed by atoms with Crippen LogP contribution in [0.2, 0.25) is 0 Å². The van der Waals surface area contributed by atoms with Gasteiger partial charge in [-0.2, -0.15) is 0 Å². The van der Waals surface area contributed by atoms with Crippen LogP contribution in [0.15, 0.2) is 6.07 Å². The van der Waals surface area contributed by atoms with E-state index in [2.05, 4.69) is 12.2 Å². The van der Waals surface area contributed by atoms with E-state index in [1.54, 1.807) is 13.0 Å². The molecule has 1 unspecified atom stereocenters. The molecule has 5 nitrogen and oxygen atoms in total. The van der Waals surface area contributed by atoms with Gasteiger partial charge in [-0.3, -0.25) is 4.79 Å². The topological polar surface area (TPSA) is 81.4 Å². The van der Waals surface area contributed by atoms with Crippen LogP contribution >= 0.6 is 11.3 Å². The van der Waals surface area contributed by atoms with Gasteiger partial charge in [0.05, 0.1) is 18.2 Å². The zero-order valence-corrected chi connectivity index (χ0v) is 13.7. The average molecular weight is 312 g/mol. The summed E-state index contributed by atoms with van der Waals surface area (Å²) in [7, 11) is 0. The summed E-state index contributed by atoms with van der Waals surface area (Å²) >= 11 is 1.39. The highest BCUT2D eigenvalue weighted by atomic mass is 32.1. The maximum atomic E-state index is 12.1. The Morgan fingerprint density at radius 1 is 1.38 bits per heavy atom. The standard InChI is InChI=1S/C15H24N2O3S/c1-4-7-8-12(16)13(18)17-14-11(15(19)20-6-3)9-10(5-2)21-14/h9,12H,4-8,16H2,1-3H3,(H,17,18). The number of anilines is 1. The molecule has 0 saturated heterocycles. The molecule has 1 atom stereocenters. The number of rotatable bonds is 8. The molecule has 0 saturated carbocycles. The molecule has 0 aromatic carbocycles. The zero-order valence-electron chi connectivity index (χ0n) is 12.9. The lowest BCUT2D eigenvalue weighted by atomic mass is 10.1. The molecule has 0 spiro atoms. The van der Waals surface area contributed by atoms with Crippen molar-refractivity contribution in [2.75, 3.05) is 11.9 Å². The molecule has 6 heteroatoms. The minimum Gasteiger partial charge on any atom is -0.462 e. The van der Waals surface area contributed by atoms with Crippen molar-refractivity contribution in [3.63, 3.8) is 0 Å². The van der Waals surface area contributed by atoms with E-state index in [0.29, 0.717) is 23.6 Å². The van der Waals surface area contributed by atoms with Gasteiger partial charge >= 0.3 is 5.97 Å². The fraction of sp³-hybridized carbons (Fsp3) is 0.600. The second-order valence-corrected chi connectivity index (χ2v) is 5.90. The SMILES string of the molecule is CCCCC(N)C(=O)Nc1sc(CC)cc1C(=O)OCC. The smallest absolute Gasteiger partial charge is 0.341 e. The van der Waals surface area contributed by atoms with Gasteiger partial charge in [0, 0.05) is 4.88 Å². The first-order chi connectivity index (χ1) is 10.0. The van der Waals surface area contributed by atoms with E-state index < -0.39 is 12.0 Å². The molecular weight excluding hydrogens is 288 g/mol. The monoisotopic (exact) mass is 312 g/mol. The van der Waals surface area contributed by atoms with E-state index in [0.717, 1.165) is 24.1 Å². The molecule has 1 aromatic heterocycles. The minimum atomic E-state index is -0.549. The molecule has 0 radical (unpaired) electrons. The number of hydrogen-bond donors (Lipinski definition) is 2. The highest BCUT2D eigenvalue weighted by Crippen LogP contribution is 2.29. The van der Waals surface area contributed by atoms with Crippen molar-refractivity contribution in [2.24, 2.45) is 5.73 Å². The molecule has 1 heterocycles. The Kier molecular flexibility index (Phi) is 7.39. The van der Waals surface area contributed by atoms with Gasteiger partial charge in [-0.1, -0.05) is 26.7 Å². The Labute approximate surface area is 129 Å². The summed E-state index contributed by atoms with van der Waals surface area (Å²) in [5.74, 6) is -0.663. The number of carbonyl (C=O) groups excluding carboxylic acids is 2. The number of nitrogens with two attached hydrogens (primary N) is 1. The van der Waals surface area contributed by atoms with Gasteiger partial charge in [0.2, 0.25) is 5.91 Å². The molecule has 0 aliphatic heterocycles. The molecule has 21 heavy (non-hydrogen) atoms. The number of aryl methyl sites for hydroxylation is 1. The van der Waals surface area contributed by atoms with Crippen LogP contribution in [-0.4, -0.2) is 24.5 Å². The number of hydrogen-bond acceptors (Lipinski definition) is 5. The first kappa shape index (κ1) is 17.7. The van der Waals surface area contributed by atoms with E-state index in [4.69, 9.17) is 10.5 Å². The lowest BCUT2D eigenvalue weighted by Gasteiger charge is -2.11. The zero-order chi connectivity index (χ0) is 15.8. The predicted octanol–water partition coefficient (Wildman–Crippen LogP) is 2.94. The minimum absolute atomic E-state index is 0.251. The Balaban J connectivity index is 2.83. The molecule has 0 aliphatic rings. The van der Waals surface area contributed by atoms with Crippen LogP contribution in [0.1, 0.15) is 55.3 Å². The quantitative estimate of drug-likeness (QED) is 0.723. The number of carbonyl (C=O) groups is 2. The van der Waals surface area contributed by atoms with E-state index in [9.17, 15) is 9.59 Å². The highest BCUT2D eigenvalue weighted by molar-refractivity contribution is 7.16. The normalized spacial score (nSPS) is 12.0. The Morgan fingerprint density at radius 3 is 2.67 bits per heavy atom. The van der Waals surface area contributed by atoms with Gasteiger partial charge in [0.15, 0.2) is 0 Å². The van der Waals surface area contributed by atoms with Gasteiger partial charge < -0.3 is 15.8 Å². The van der Waals surface area contributed by atoms with Crippen LogP contribution in [0.5, 0.6) is 0 Å². The molecule has 1 amide bonds. The fourth-order valence-electron chi connectivity index (χ4n) is 1.83. The summed E-state index contributed by atoms with van der Waals surface area (Å²) in [4.78, 5) is 25.0. The van der Waals surface area contributed by atoms with E-state index in [1.807, 2.05) is 6.92 Å². The first-order valence-electron chi connectivity index (χ1n) is 7.39. The van der Waals surface area contributed by atoms with Gasteiger partial charge in [-0.05, 0) is 25.8 Å². The van der Waals surface area contributed by atoms with Gasteiger partial charge in [-0.15, -0.1) is 11.3 Å². The Bertz CT molecular complexity index is 485. The number of thiophene rings is 1. The van der Waals surface area contributed by atoms with Gasteiger partial charge in [0.25, 0.3) is 0 Å². The van der Waals surface area contributed by atoms with Crippen molar-refractivity contribution >= 4 is 28.2 Å². The second-order valence-electron chi connectivity index (χ2n) is 4.77. The summed E-state index contributed by atoms with van der Waals surface area (Å²) < 4.78 is 5.02. The molecule has 0 bridgehead atoms. The van der Waals surface area contributed by atoms with Crippen molar-refractivity contribution < 1.29 is 14.3 Å². The fourth-order valence-corrected chi connectivity index (χ4v) is 2.82. The maximum absolute atomic E-state index is 12.1. The summed E-state index contributed by atoms with van der Waals surface area (Å²) in [6.07, 6.45) is 3.34. The molecule has 118 valence electrons. The molecule has 1 aromatic rings. The Hall–Kier alpha value is -1.40. The number of ether oxygens (including phenoxy) is 1. The summed E-state index contributed by atoms with van der Waals surface area (Å²) in [6.45, 7) is 6.11. The van der Waals surface area contributed by atoms with E-state index in [1.165, 1.54) is 11.3 Å². The van der Waals surface area contributed by atoms with Crippen molar-refractivity contribution in [2.45, 2.75) is 52.5 Å². The number of esters is 1. The first-order valence-corrected chi connectivity index (χ1v) is 8.21. The van der Waals surface area contributed by atoms with Crippen LogP contribution in [0.4, 0.5) is 5.00 Å². The third-order valence-corrected chi connectivity index (χ3v) is 4.26. The maximum Gasteiger partial charge on any atom is 0.341 e. The number of amides is 1. The molecular formula is C15H24N2O3S. The lowest BCUT2D eigenvalue weighted by molar-refractivity contribution is -0.117. The van der Waals surface area contributed by atoms with Crippen LogP contribution in [0.3, 0.4) is 0 Å². The lowest BCUT2D eigenvalue weighted by Crippen LogP contribution is -2.35. The largest absolute Gasteiger partial charge is 0.462 e. The molecule has 0 fully saturated rings. The van der Waals surface area contributed by atoms with Crippen molar-refractivity contribution in [3.8, 4) is 0 Å². The van der Waals surface area contributed by atoms with Crippen molar-refractivity contribution in [3.05, 3.63) is 16.5 Å². The predicted molar refractivity (Wildman–Crippen MR) is 85.8 cm³/mol. The van der Waals surface area contributed by atoms with Gasteiger partial charge in [0.1, 0.15) is 5.00 Å². The average Bonchev–Trinajstić information content (AvgIpc) is 2.88. The van der Waals surface area contributed by atoms with Crippen molar-refractivity contribution in [1.29, 1.82) is 0 Å². The molecule has 1 rings (SSSR count). The third kappa shape index (κ3) is 5.13. The van der Waals surface area contributed by atoms with Crippen LogP contribution < -0.4 is 11.1 Å². The number of nitrogens with one attached hydrogen (secondary N) is 1. The summed E-state index contributed by atoms with van der Waals surface area (Å²) in [5.41, 5.74) is 6.26. The summed E-state index contributed by atoms with van der Waals surface area (Å²) in [6, 6.07) is 1.22. The van der Waals surface area contributed by atoms with Gasteiger partial charge in [-0.25, -0.2) is 4.79 Å². The van der Waals surface area contributed by atoms with E-state index >= 15 is 0 Å². The van der Waals surface area contributed by atoms with Crippen LogP contribution in [0, 0.1) is 0 Å². The summed E-state index contributed by atoms with van der Waals surface area (Å²) in [5, 5.41) is 3.30. The molecule has 0 aliphatic carbocycles. The molecule has 3 N–H and O–H groups in total. The third-order valence-electron chi connectivity index (χ3n) is 3.07. The highest BCUT2D eigenvalue weighted by Gasteiger charge is 2.20. The van der Waals surface area contributed by atoms with Crippen LogP contribution in [0.25, 0.3) is 0 Å². The van der Waals surface area contributed by atoms with Crippen molar-refractivity contribution in [1.82, 2.24) is 0 Å². The second kappa shape index (κ2) is 8.79.